The largest absolute Gasteiger partial charge is 0.485 e. The number of rotatable bonds is 6. The maximum atomic E-state index is 13.6. The molecule has 0 heterocycles. The molecule has 10 heteroatoms. The van der Waals surface area contributed by atoms with Crippen molar-refractivity contribution < 1.29 is 22.5 Å². The molecule has 0 saturated heterocycles. The highest BCUT2D eigenvalue weighted by Crippen LogP contribution is 2.33. The second-order valence-electron chi connectivity index (χ2n) is 4.10. The van der Waals surface area contributed by atoms with Gasteiger partial charge in [0, 0.05) is 29.4 Å². The van der Waals surface area contributed by atoms with Gasteiger partial charge in [0.05, 0.1) is 4.92 Å². The maximum absolute atomic E-state index is 13.6. The first kappa shape index (κ1) is 16.6. The van der Waals surface area contributed by atoms with Gasteiger partial charge in [0.25, 0.3) is 9.05 Å². The molecule has 0 bridgehead atoms. The van der Waals surface area contributed by atoms with Crippen molar-refractivity contribution in [3.05, 3.63) is 28.1 Å². The van der Waals surface area contributed by atoms with Crippen molar-refractivity contribution in [2.24, 2.45) is 0 Å². The van der Waals surface area contributed by atoms with E-state index in [1.807, 2.05) is 0 Å². The van der Waals surface area contributed by atoms with Gasteiger partial charge in [0.2, 0.25) is 0 Å². The van der Waals surface area contributed by atoms with E-state index < -0.39 is 30.4 Å². The van der Waals surface area contributed by atoms with Gasteiger partial charge < -0.3 is 9.64 Å². The summed E-state index contributed by atoms with van der Waals surface area (Å²) in [6, 6.07) is 1.19. The predicted molar refractivity (Wildman–Crippen MR) is 70.1 cm³/mol. The molecule has 7 nitrogen and oxygen atoms in total. The smallest absolute Gasteiger partial charge is 0.312 e. The van der Waals surface area contributed by atoms with Crippen LogP contribution in [0.25, 0.3) is 0 Å². The fourth-order valence-electron chi connectivity index (χ4n) is 1.31. The van der Waals surface area contributed by atoms with E-state index in [9.17, 15) is 22.9 Å². The van der Waals surface area contributed by atoms with Crippen LogP contribution >= 0.6 is 10.7 Å². The number of nitrogens with zero attached hydrogens (tertiary/aromatic N) is 2. The Balaban J connectivity index is 3.19. The lowest BCUT2D eigenvalue weighted by Crippen LogP contribution is -2.19. The summed E-state index contributed by atoms with van der Waals surface area (Å²) >= 11 is 0. The number of ether oxygens (including phenoxy) is 1. The third-order valence-electron chi connectivity index (χ3n) is 2.27. The molecule has 0 amide bonds. The number of nitro benzene ring substituents is 1. The van der Waals surface area contributed by atoms with Gasteiger partial charge in [-0.3, -0.25) is 10.1 Å². The Morgan fingerprint density at radius 1 is 1.45 bits per heavy atom. The number of nitro groups is 1. The standard InChI is InChI=1S/C10H12ClFN2O5S/c1-13(2)3-4-19-9-5-7(12)10(20(11,17)18)6-8(9)14(15)16/h5-6H,3-4H2,1-2H3. The molecule has 0 saturated carbocycles. The van der Waals surface area contributed by atoms with E-state index in [4.69, 9.17) is 15.4 Å². The Bertz CT molecular complexity index is 620. The van der Waals surface area contributed by atoms with Crippen LogP contribution < -0.4 is 4.74 Å². The highest BCUT2D eigenvalue weighted by Gasteiger charge is 2.25. The number of benzene rings is 1. The third-order valence-corrected chi connectivity index (χ3v) is 3.61. The van der Waals surface area contributed by atoms with Gasteiger partial charge in [-0.15, -0.1) is 0 Å². The molecule has 1 aromatic rings. The zero-order chi connectivity index (χ0) is 15.5. The summed E-state index contributed by atoms with van der Waals surface area (Å²) in [5.74, 6) is -1.55. The summed E-state index contributed by atoms with van der Waals surface area (Å²) in [6.07, 6.45) is 0. The van der Waals surface area contributed by atoms with Crippen LogP contribution in [0.3, 0.4) is 0 Å². The van der Waals surface area contributed by atoms with E-state index >= 15 is 0 Å². The fraction of sp³-hybridized carbons (Fsp3) is 0.400. The highest BCUT2D eigenvalue weighted by molar-refractivity contribution is 8.13. The Morgan fingerprint density at radius 2 is 2.05 bits per heavy atom. The molecule has 1 rings (SSSR count). The molecule has 0 aliphatic rings. The van der Waals surface area contributed by atoms with Gasteiger partial charge in [0.15, 0.2) is 5.75 Å². The highest BCUT2D eigenvalue weighted by atomic mass is 35.7. The lowest BCUT2D eigenvalue weighted by molar-refractivity contribution is -0.386. The first-order valence-electron chi connectivity index (χ1n) is 5.33. The van der Waals surface area contributed by atoms with Crippen molar-refractivity contribution in [2.75, 3.05) is 27.2 Å². The lowest BCUT2D eigenvalue weighted by Gasteiger charge is -2.11. The van der Waals surface area contributed by atoms with Crippen molar-refractivity contribution in [1.82, 2.24) is 4.90 Å². The van der Waals surface area contributed by atoms with E-state index in [0.29, 0.717) is 18.7 Å². The van der Waals surface area contributed by atoms with E-state index in [-0.39, 0.29) is 12.4 Å². The van der Waals surface area contributed by atoms with Crippen molar-refractivity contribution in [3.63, 3.8) is 0 Å². The molecule has 0 unspecified atom stereocenters. The zero-order valence-electron chi connectivity index (χ0n) is 10.7. The first-order chi connectivity index (χ1) is 9.12. The molecule has 0 spiro atoms. The van der Waals surface area contributed by atoms with Crippen LogP contribution in [0, 0.1) is 15.9 Å². The SMILES string of the molecule is CN(C)CCOc1cc(F)c(S(=O)(=O)Cl)cc1[N+](=O)[O-]. The van der Waals surface area contributed by atoms with Crippen LogP contribution in [0.2, 0.25) is 0 Å². The van der Waals surface area contributed by atoms with Gasteiger partial charge >= 0.3 is 5.69 Å². The normalized spacial score (nSPS) is 11.7. The Morgan fingerprint density at radius 3 is 2.50 bits per heavy atom. The van der Waals surface area contributed by atoms with Crippen LogP contribution in [-0.2, 0) is 9.05 Å². The van der Waals surface area contributed by atoms with E-state index in [1.165, 1.54) is 0 Å². The second-order valence-corrected chi connectivity index (χ2v) is 6.63. The minimum Gasteiger partial charge on any atom is -0.485 e. The lowest BCUT2D eigenvalue weighted by atomic mass is 10.3. The van der Waals surface area contributed by atoms with Gasteiger partial charge in [-0.25, -0.2) is 12.8 Å². The van der Waals surface area contributed by atoms with Gasteiger partial charge in [-0.05, 0) is 14.1 Å². The fourth-order valence-corrected chi connectivity index (χ4v) is 2.21. The summed E-state index contributed by atoms with van der Waals surface area (Å²) in [5.41, 5.74) is -0.663. The quantitative estimate of drug-likeness (QED) is 0.448. The number of likely N-dealkylation sites (N-methyl/N-ethyl adjacent to an activating group) is 1. The van der Waals surface area contributed by atoms with E-state index in [2.05, 4.69) is 0 Å². The molecule has 20 heavy (non-hydrogen) atoms. The van der Waals surface area contributed by atoms with E-state index in [1.54, 1.807) is 19.0 Å². The molecule has 0 aromatic heterocycles. The first-order valence-corrected chi connectivity index (χ1v) is 7.64. The summed E-state index contributed by atoms with van der Waals surface area (Å²) in [5, 5.41) is 10.9. The average Bonchev–Trinajstić information content (AvgIpc) is 2.26. The van der Waals surface area contributed by atoms with Crippen LogP contribution in [0.5, 0.6) is 5.75 Å². The number of halogens is 2. The molecule has 0 radical (unpaired) electrons. The summed E-state index contributed by atoms with van der Waals surface area (Å²) < 4.78 is 40.9. The van der Waals surface area contributed by atoms with Crippen LogP contribution in [0.1, 0.15) is 0 Å². The molecule has 0 aliphatic heterocycles. The topological polar surface area (TPSA) is 89.8 Å². The molecule has 0 N–H and O–H groups in total. The zero-order valence-corrected chi connectivity index (χ0v) is 12.2. The van der Waals surface area contributed by atoms with Gasteiger partial charge in [-0.1, -0.05) is 0 Å². The van der Waals surface area contributed by atoms with E-state index in [0.717, 1.165) is 0 Å². The number of hydrogen-bond donors (Lipinski definition) is 0. The molecular formula is C10H12ClFN2O5S. The van der Waals surface area contributed by atoms with Crippen molar-refractivity contribution in [3.8, 4) is 5.75 Å². The van der Waals surface area contributed by atoms with Gasteiger partial charge in [0.1, 0.15) is 17.3 Å². The third kappa shape index (κ3) is 4.29. The summed E-state index contributed by atoms with van der Waals surface area (Å²) in [4.78, 5) is 10.8. The van der Waals surface area contributed by atoms with Crippen LogP contribution in [-0.4, -0.2) is 45.5 Å². The molecule has 0 atom stereocenters. The van der Waals surface area contributed by atoms with Gasteiger partial charge in [-0.2, -0.15) is 0 Å². The molecule has 0 aliphatic carbocycles. The van der Waals surface area contributed by atoms with Crippen molar-refractivity contribution >= 4 is 25.4 Å². The number of hydrogen-bond acceptors (Lipinski definition) is 6. The van der Waals surface area contributed by atoms with Crippen molar-refractivity contribution in [2.45, 2.75) is 4.90 Å². The summed E-state index contributed by atoms with van der Waals surface area (Å²) in [7, 11) is 4.12. The molecule has 1 aromatic carbocycles. The molecular weight excluding hydrogens is 315 g/mol. The monoisotopic (exact) mass is 326 g/mol. The summed E-state index contributed by atoms with van der Waals surface area (Å²) in [6.45, 7) is 0.536. The predicted octanol–water partition coefficient (Wildman–Crippen LogP) is 1.60. The second kappa shape index (κ2) is 6.33. The Labute approximate surface area is 119 Å². The van der Waals surface area contributed by atoms with Crippen LogP contribution in [0.4, 0.5) is 10.1 Å². The molecule has 112 valence electrons. The van der Waals surface area contributed by atoms with Crippen LogP contribution in [0.15, 0.2) is 17.0 Å². The maximum Gasteiger partial charge on any atom is 0.312 e. The minimum atomic E-state index is -4.41. The minimum absolute atomic E-state index is 0.0836. The van der Waals surface area contributed by atoms with Crippen molar-refractivity contribution in [1.29, 1.82) is 0 Å². The Hall–Kier alpha value is -1.45. The Kier molecular flexibility index (Phi) is 5.26. The average molecular weight is 327 g/mol. The molecule has 0 fully saturated rings.